The predicted octanol–water partition coefficient (Wildman–Crippen LogP) is 4.16. The molecule has 0 aliphatic heterocycles. The maximum atomic E-state index is 10.8. The minimum absolute atomic E-state index is 0.572. The number of allylic oxidation sites excluding steroid dienone is 1. The van der Waals surface area contributed by atoms with Crippen LogP contribution in [-0.4, -0.2) is 11.1 Å². The molecule has 1 atom stereocenters. The number of rotatable bonds is 3. The first-order valence-corrected chi connectivity index (χ1v) is 7.19. The minimum atomic E-state index is -0.754. The molecule has 17 heavy (non-hydrogen) atoms. The van der Waals surface area contributed by atoms with Crippen molar-refractivity contribution in [3.05, 3.63) is 11.6 Å². The number of hydrogen-bond acceptors (Lipinski definition) is 1. The lowest BCUT2D eigenvalue weighted by Crippen LogP contribution is -2.17. The van der Waals surface area contributed by atoms with Gasteiger partial charge in [-0.1, -0.05) is 44.1 Å². The summed E-state index contributed by atoms with van der Waals surface area (Å²) in [6.45, 7) is 0. The standard InChI is InChI=1S/C15H24O2/c16-15(17)11-14-9-5-4-8-13(14)10-12-6-2-1-3-7-12/h11-13H,1-10H2,(H,16,17)/b14-11+. The molecule has 96 valence electrons. The lowest BCUT2D eigenvalue weighted by molar-refractivity contribution is -0.131. The molecule has 2 nitrogen and oxygen atoms in total. The van der Waals surface area contributed by atoms with E-state index < -0.39 is 5.97 Å². The lowest BCUT2D eigenvalue weighted by atomic mass is 9.75. The van der Waals surface area contributed by atoms with Gasteiger partial charge in [0.2, 0.25) is 0 Å². The van der Waals surface area contributed by atoms with E-state index in [-0.39, 0.29) is 0 Å². The largest absolute Gasteiger partial charge is 0.478 e. The van der Waals surface area contributed by atoms with Crippen molar-refractivity contribution < 1.29 is 9.90 Å². The summed E-state index contributed by atoms with van der Waals surface area (Å²) < 4.78 is 0. The SMILES string of the molecule is O=C(O)/C=C1\CCCCC1CC1CCCCC1. The topological polar surface area (TPSA) is 37.3 Å². The molecule has 1 unspecified atom stereocenters. The second-order valence-electron chi connectivity index (χ2n) is 5.74. The van der Waals surface area contributed by atoms with Crippen LogP contribution in [0.4, 0.5) is 0 Å². The predicted molar refractivity (Wildman–Crippen MR) is 68.9 cm³/mol. The van der Waals surface area contributed by atoms with Gasteiger partial charge < -0.3 is 5.11 Å². The van der Waals surface area contributed by atoms with Crippen LogP contribution in [0.25, 0.3) is 0 Å². The number of hydrogen-bond donors (Lipinski definition) is 1. The van der Waals surface area contributed by atoms with Crippen molar-refractivity contribution in [1.29, 1.82) is 0 Å². The Balaban J connectivity index is 1.93. The Hall–Kier alpha value is -0.790. The molecule has 2 fully saturated rings. The van der Waals surface area contributed by atoms with Gasteiger partial charge in [0, 0.05) is 6.08 Å². The van der Waals surface area contributed by atoms with E-state index in [2.05, 4.69) is 0 Å². The Bertz CT molecular complexity index is 287. The molecule has 0 saturated heterocycles. The fourth-order valence-electron chi connectivity index (χ4n) is 3.55. The molecule has 2 saturated carbocycles. The van der Waals surface area contributed by atoms with Gasteiger partial charge in [-0.2, -0.15) is 0 Å². The second kappa shape index (κ2) is 6.23. The highest BCUT2D eigenvalue weighted by Crippen LogP contribution is 2.37. The van der Waals surface area contributed by atoms with Gasteiger partial charge in [-0.3, -0.25) is 0 Å². The van der Waals surface area contributed by atoms with E-state index in [1.165, 1.54) is 69.4 Å². The number of aliphatic carboxylic acids is 1. The van der Waals surface area contributed by atoms with Crippen LogP contribution in [0.15, 0.2) is 11.6 Å². The molecule has 0 heterocycles. The fourth-order valence-corrected chi connectivity index (χ4v) is 3.55. The molecule has 2 heteroatoms. The molecular weight excluding hydrogens is 212 g/mol. The van der Waals surface area contributed by atoms with E-state index in [0.717, 1.165) is 12.3 Å². The smallest absolute Gasteiger partial charge is 0.328 e. The molecule has 2 aliphatic rings. The van der Waals surface area contributed by atoms with Crippen LogP contribution < -0.4 is 0 Å². The summed E-state index contributed by atoms with van der Waals surface area (Å²) in [7, 11) is 0. The van der Waals surface area contributed by atoms with Crippen LogP contribution in [-0.2, 0) is 4.79 Å². The van der Waals surface area contributed by atoms with Crippen LogP contribution in [0, 0.1) is 11.8 Å². The van der Waals surface area contributed by atoms with E-state index >= 15 is 0 Å². The first-order valence-electron chi connectivity index (χ1n) is 7.19. The van der Waals surface area contributed by atoms with Gasteiger partial charge in [-0.25, -0.2) is 4.79 Å². The van der Waals surface area contributed by atoms with Gasteiger partial charge >= 0.3 is 5.97 Å². The fraction of sp³-hybridized carbons (Fsp3) is 0.800. The molecule has 0 spiro atoms. The van der Waals surface area contributed by atoms with E-state index in [1.807, 2.05) is 0 Å². The Kier molecular flexibility index (Phi) is 4.64. The van der Waals surface area contributed by atoms with Gasteiger partial charge in [0.15, 0.2) is 0 Å². The zero-order valence-electron chi connectivity index (χ0n) is 10.7. The first-order chi connectivity index (χ1) is 8.25. The summed E-state index contributed by atoms with van der Waals surface area (Å²) in [4.78, 5) is 10.8. The molecule has 0 aromatic heterocycles. The molecular formula is C15H24O2. The monoisotopic (exact) mass is 236 g/mol. The molecule has 1 N–H and O–H groups in total. The van der Waals surface area contributed by atoms with Crippen molar-refractivity contribution in [3.8, 4) is 0 Å². The molecule has 0 bridgehead atoms. The molecule has 0 amide bonds. The van der Waals surface area contributed by atoms with Crippen molar-refractivity contribution in [2.45, 2.75) is 64.2 Å². The van der Waals surface area contributed by atoms with Crippen LogP contribution in [0.1, 0.15) is 64.2 Å². The van der Waals surface area contributed by atoms with Gasteiger partial charge in [0.1, 0.15) is 0 Å². The molecule has 0 aromatic rings. The van der Waals surface area contributed by atoms with Crippen molar-refractivity contribution in [2.75, 3.05) is 0 Å². The Labute approximate surface area is 104 Å². The Morgan fingerprint density at radius 2 is 1.82 bits per heavy atom. The summed E-state index contributed by atoms with van der Waals surface area (Å²) in [6, 6.07) is 0. The summed E-state index contributed by atoms with van der Waals surface area (Å²) >= 11 is 0. The Morgan fingerprint density at radius 1 is 1.12 bits per heavy atom. The maximum Gasteiger partial charge on any atom is 0.328 e. The minimum Gasteiger partial charge on any atom is -0.478 e. The highest BCUT2D eigenvalue weighted by atomic mass is 16.4. The zero-order chi connectivity index (χ0) is 12.1. The lowest BCUT2D eigenvalue weighted by Gasteiger charge is -2.30. The first kappa shape index (κ1) is 12.7. The van der Waals surface area contributed by atoms with Crippen LogP contribution >= 0.6 is 0 Å². The summed E-state index contributed by atoms with van der Waals surface area (Å²) in [5.41, 5.74) is 1.22. The van der Waals surface area contributed by atoms with E-state index in [9.17, 15) is 4.79 Å². The highest BCUT2D eigenvalue weighted by Gasteiger charge is 2.24. The number of carboxylic acid groups (broad SMARTS) is 1. The Morgan fingerprint density at radius 3 is 2.53 bits per heavy atom. The molecule has 0 aromatic carbocycles. The summed E-state index contributed by atoms with van der Waals surface area (Å²) in [5.74, 6) is 0.683. The average Bonchev–Trinajstić information content (AvgIpc) is 2.32. The third-order valence-electron chi connectivity index (χ3n) is 4.44. The van der Waals surface area contributed by atoms with Gasteiger partial charge in [-0.05, 0) is 37.5 Å². The van der Waals surface area contributed by atoms with Gasteiger partial charge in [0.05, 0.1) is 0 Å². The number of carboxylic acids is 1. The quantitative estimate of drug-likeness (QED) is 0.747. The molecule has 2 aliphatic carbocycles. The third-order valence-corrected chi connectivity index (χ3v) is 4.44. The van der Waals surface area contributed by atoms with Crippen molar-refractivity contribution in [2.24, 2.45) is 11.8 Å². The maximum absolute atomic E-state index is 10.8. The normalized spacial score (nSPS) is 29.4. The molecule has 2 rings (SSSR count). The van der Waals surface area contributed by atoms with E-state index in [1.54, 1.807) is 0 Å². The molecule has 0 radical (unpaired) electrons. The summed E-state index contributed by atoms with van der Waals surface area (Å²) in [6.07, 6.45) is 14.4. The van der Waals surface area contributed by atoms with Crippen molar-refractivity contribution in [3.63, 3.8) is 0 Å². The van der Waals surface area contributed by atoms with Gasteiger partial charge in [-0.15, -0.1) is 0 Å². The van der Waals surface area contributed by atoms with E-state index in [4.69, 9.17) is 5.11 Å². The van der Waals surface area contributed by atoms with Crippen LogP contribution in [0.2, 0.25) is 0 Å². The van der Waals surface area contributed by atoms with E-state index in [0.29, 0.717) is 5.92 Å². The number of carbonyl (C=O) groups is 1. The van der Waals surface area contributed by atoms with Crippen molar-refractivity contribution >= 4 is 5.97 Å². The second-order valence-corrected chi connectivity index (χ2v) is 5.74. The third kappa shape index (κ3) is 3.86. The van der Waals surface area contributed by atoms with Crippen LogP contribution in [0.5, 0.6) is 0 Å². The zero-order valence-corrected chi connectivity index (χ0v) is 10.7. The van der Waals surface area contributed by atoms with Crippen LogP contribution in [0.3, 0.4) is 0 Å². The average molecular weight is 236 g/mol. The highest BCUT2D eigenvalue weighted by molar-refractivity contribution is 5.80. The van der Waals surface area contributed by atoms with Crippen molar-refractivity contribution in [1.82, 2.24) is 0 Å². The van der Waals surface area contributed by atoms with Gasteiger partial charge in [0.25, 0.3) is 0 Å². The summed E-state index contributed by atoms with van der Waals surface area (Å²) in [5, 5.41) is 8.91.